The highest BCUT2D eigenvalue weighted by molar-refractivity contribution is 5.86. The maximum atomic E-state index is 13.0. The number of piperidine rings is 1. The zero-order valence-electron chi connectivity index (χ0n) is 22.6. The van der Waals surface area contributed by atoms with Crippen LogP contribution >= 0.6 is 0 Å². The van der Waals surface area contributed by atoms with Crippen LogP contribution in [-0.2, 0) is 16.6 Å². The minimum Gasteiger partial charge on any atom is -0.482 e. The van der Waals surface area contributed by atoms with Gasteiger partial charge in [-0.2, -0.15) is 0 Å². The highest BCUT2D eigenvalue weighted by atomic mass is 16.6. The summed E-state index contributed by atoms with van der Waals surface area (Å²) < 4.78 is 12.2. The summed E-state index contributed by atoms with van der Waals surface area (Å²) in [7, 11) is 2.16. The molecule has 2 amide bonds. The van der Waals surface area contributed by atoms with Crippen LogP contribution in [0.1, 0.15) is 58.6 Å². The SMILES string of the molecule is CC(C)C[C@H](NC(=O)Oc1ccc2c3c1O[C@H]1[C@@H](O)C=CC4C(C2)N(C)CC[C@@]341)C(=O)NNC(C)(C)C. The number of nitrogens with zero attached hydrogens (tertiary/aromatic N) is 1. The summed E-state index contributed by atoms with van der Waals surface area (Å²) in [4.78, 5) is 28.3. The number of aliphatic hydroxyl groups is 1. The van der Waals surface area contributed by atoms with Crippen LogP contribution in [0, 0.1) is 11.8 Å². The van der Waals surface area contributed by atoms with Crippen LogP contribution in [0.25, 0.3) is 0 Å². The van der Waals surface area contributed by atoms with Crippen molar-refractivity contribution in [3.05, 3.63) is 35.4 Å². The number of hydrogen-bond acceptors (Lipinski definition) is 7. The average Bonchev–Trinajstić information content (AvgIpc) is 3.17. The van der Waals surface area contributed by atoms with Crippen molar-refractivity contribution in [2.75, 3.05) is 13.6 Å². The van der Waals surface area contributed by atoms with E-state index in [1.165, 1.54) is 5.56 Å². The lowest BCUT2D eigenvalue weighted by Crippen LogP contribution is -2.64. The Morgan fingerprint density at radius 1 is 1.27 bits per heavy atom. The number of hydrogen-bond donors (Lipinski definition) is 4. The van der Waals surface area contributed by atoms with Gasteiger partial charge in [0.25, 0.3) is 5.91 Å². The van der Waals surface area contributed by atoms with Crippen molar-refractivity contribution in [2.24, 2.45) is 11.8 Å². The number of carbonyl (C=O) groups excluding carboxylic acids is 2. The van der Waals surface area contributed by atoms with Crippen molar-refractivity contribution in [3.8, 4) is 11.5 Å². The second-order valence-corrected chi connectivity index (χ2v) is 12.5. The molecule has 4 aliphatic rings. The molecule has 1 spiro atoms. The molecule has 2 aliphatic carbocycles. The van der Waals surface area contributed by atoms with Gasteiger partial charge in [0.05, 0.1) is 0 Å². The van der Waals surface area contributed by atoms with Crippen molar-refractivity contribution in [3.63, 3.8) is 0 Å². The lowest BCUT2D eigenvalue weighted by Gasteiger charge is -2.56. The largest absolute Gasteiger partial charge is 0.482 e. The Bertz CT molecular complexity index is 1110. The number of ether oxygens (including phenoxy) is 2. The molecule has 1 aromatic rings. The maximum Gasteiger partial charge on any atom is 0.413 e. The molecular weight excluding hydrogens is 472 g/mol. The molecule has 1 aromatic carbocycles. The van der Waals surface area contributed by atoms with E-state index < -0.39 is 24.3 Å². The van der Waals surface area contributed by atoms with E-state index in [0.29, 0.717) is 24.0 Å². The van der Waals surface area contributed by atoms with Gasteiger partial charge in [0.15, 0.2) is 11.5 Å². The highest BCUT2D eigenvalue weighted by Gasteiger charge is 2.64. The lowest BCUT2D eigenvalue weighted by atomic mass is 9.53. The summed E-state index contributed by atoms with van der Waals surface area (Å²) >= 11 is 0. The van der Waals surface area contributed by atoms with Gasteiger partial charge in [-0.1, -0.05) is 32.1 Å². The van der Waals surface area contributed by atoms with E-state index in [9.17, 15) is 14.7 Å². The molecule has 2 unspecified atom stereocenters. The van der Waals surface area contributed by atoms with Crippen LogP contribution in [-0.4, -0.2) is 65.4 Å². The number of amides is 2. The first-order valence-electron chi connectivity index (χ1n) is 13.4. The molecule has 9 nitrogen and oxygen atoms in total. The van der Waals surface area contributed by atoms with Crippen molar-refractivity contribution in [1.29, 1.82) is 0 Å². The smallest absolute Gasteiger partial charge is 0.413 e. The number of likely N-dealkylation sites (tertiary alicyclic amines) is 1. The van der Waals surface area contributed by atoms with Gasteiger partial charge in [-0.15, -0.1) is 0 Å². The van der Waals surface area contributed by atoms with E-state index >= 15 is 0 Å². The molecule has 0 saturated carbocycles. The zero-order chi connectivity index (χ0) is 26.7. The molecule has 6 atom stereocenters. The number of nitrogens with one attached hydrogen (secondary N) is 3. The second kappa shape index (κ2) is 9.29. The van der Waals surface area contributed by atoms with Gasteiger partial charge < -0.3 is 24.8 Å². The summed E-state index contributed by atoms with van der Waals surface area (Å²) in [6, 6.07) is 3.37. The Morgan fingerprint density at radius 2 is 2.03 bits per heavy atom. The molecule has 1 saturated heterocycles. The van der Waals surface area contributed by atoms with Crippen LogP contribution in [0.2, 0.25) is 0 Å². The Kier molecular flexibility index (Phi) is 6.53. The maximum absolute atomic E-state index is 13.0. The molecule has 2 bridgehead atoms. The molecule has 37 heavy (non-hydrogen) atoms. The normalized spacial score (nSPS) is 30.4. The van der Waals surface area contributed by atoms with Crippen molar-refractivity contribution in [2.45, 2.75) is 89.1 Å². The molecule has 9 heteroatoms. The third-order valence-electron chi connectivity index (χ3n) is 8.21. The molecule has 2 heterocycles. The molecule has 5 rings (SSSR count). The predicted octanol–water partition coefficient (Wildman–Crippen LogP) is 2.41. The van der Waals surface area contributed by atoms with Crippen molar-refractivity contribution in [1.82, 2.24) is 21.1 Å². The third-order valence-corrected chi connectivity index (χ3v) is 8.21. The van der Waals surface area contributed by atoms with Crippen LogP contribution in [0.4, 0.5) is 4.79 Å². The Balaban J connectivity index is 1.39. The molecule has 202 valence electrons. The standard InChI is InChI=1S/C28H40N4O5/c1-15(2)13-18(25(34)30-31-27(3,4)5)29-26(35)36-21-10-7-16-14-19-17-8-9-20(33)24-28(17,11-12-32(19)6)22(16)23(21)37-24/h7-10,15,17-20,24,31,33H,11-14H2,1-6H3,(H,29,35)(H,30,34)/t17?,18-,19?,20-,24-,28-/m0/s1. The fourth-order valence-corrected chi connectivity index (χ4v) is 6.62. The highest BCUT2D eigenvalue weighted by Crippen LogP contribution is 2.62. The molecule has 2 aliphatic heterocycles. The number of benzene rings is 1. The monoisotopic (exact) mass is 512 g/mol. The average molecular weight is 513 g/mol. The van der Waals surface area contributed by atoms with E-state index in [0.717, 1.165) is 24.9 Å². The Labute approximate surface area is 218 Å². The van der Waals surface area contributed by atoms with Crippen molar-refractivity contribution < 1.29 is 24.2 Å². The van der Waals surface area contributed by atoms with E-state index in [4.69, 9.17) is 9.47 Å². The van der Waals surface area contributed by atoms with Gasteiger partial charge >= 0.3 is 6.09 Å². The minimum atomic E-state index is -0.763. The van der Waals surface area contributed by atoms with Crippen LogP contribution in [0.3, 0.4) is 0 Å². The summed E-state index contributed by atoms with van der Waals surface area (Å²) in [5.74, 6) is 0.950. The zero-order valence-corrected chi connectivity index (χ0v) is 22.6. The first-order valence-corrected chi connectivity index (χ1v) is 13.4. The molecule has 4 N–H and O–H groups in total. The molecule has 0 aromatic heterocycles. The Morgan fingerprint density at radius 3 is 2.73 bits per heavy atom. The van der Waals surface area contributed by atoms with E-state index in [1.54, 1.807) is 6.07 Å². The first kappa shape index (κ1) is 26.0. The number of carbonyl (C=O) groups is 2. The van der Waals surface area contributed by atoms with Gasteiger partial charge in [-0.05, 0) is 71.2 Å². The fourth-order valence-electron chi connectivity index (χ4n) is 6.62. The summed E-state index contributed by atoms with van der Waals surface area (Å²) in [6.07, 6.45) is 4.36. The van der Waals surface area contributed by atoms with Gasteiger partial charge in [-0.3, -0.25) is 10.2 Å². The number of aliphatic hydroxyl groups excluding tert-OH is 1. The second-order valence-electron chi connectivity index (χ2n) is 12.5. The van der Waals surface area contributed by atoms with Crippen LogP contribution in [0.15, 0.2) is 24.3 Å². The van der Waals surface area contributed by atoms with Crippen LogP contribution in [0.5, 0.6) is 11.5 Å². The summed E-state index contributed by atoms with van der Waals surface area (Å²) in [5.41, 5.74) is 7.28. The van der Waals surface area contributed by atoms with E-state index in [2.05, 4.69) is 34.2 Å². The van der Waals surface area contributed by atoms with Gasteiger partial charge in [-0.25, -0.2) is 10.2 Å². The molecular formula is C28H40N4O5. The topological polar surface area (TPSA) is 112 Å². The van der Waals surface area contributed by atoms with Gasteiger partial charge in [0.2, 0.25) is 0 Å². The number of rotatable bonds is 6. The Hall–Kier alpha value is -2.62. The lowest BCUT2D eigenvalue weighted by molar-refractivity contribution is -0.124. The summed E-state index contributed by atoms with van der Waals surface area (Å²) in [6.45, 7) is 10.7. The van der Waals surface area contributed by atoms with Crippen LogP contribution < -0.4 is 25.6 Å². The van der Waals surface area contributed by atoms with E-state index in [1.807, 2.05) is 46.8 Å². The third kappa shape index (κ3) is 4.51. The fraction of sp³-hybridized carbons (Fsp3) is 0.643. The van der Waals surface area contributed by atoms with Gasteiger partial charge in [0, 0.05) is 28.5 Å². The number of hydrazine groups is 1. The minimum absolute atomic E-state index is 0.181. The molecule has 0 radical (unpaired) electrons. The predicted molar refractivity (Wildman–Crippen MR) is 139 cm³/mol. The van der Waals surface area contributed by atoms with Crippen molar-refractivity contribution >= 4 is 12.0 Å². The van der Waals surface area contributed by atoms with Gasteiger partial charge in [0.1, 0.15) is 18.2 Å². The summed E-state index contributed by atoms with van der Waals surface area (Å²) in [5, 5.41) is 13.6. The number of likely N-dealkylation sites (N-methyl/N-ethyl adjacent to an activating group) is 1. The quantitative estimate of drug-likeness (QED) is 0.342. The van der Waals surface area contributed by atoms with E-state index in [-0.39, 0.29) is 28.7 Å². The first-order chi connectivity index (χ1) is 17.4. The molecule has 1 fully saturated rings.